The van der Waals surface area contributed by atoms with E-state index in [2.05, 4.69) is 5.32 Å². The van der Waals surface area contributed by atoms with Crippen molar-refractivity contribution in [2.45, 2.75) is 39.2 Å². The number of amides is 3. The van der Waals surface area contributed by atoms with Gasteiger partial charge in [-0.2, -0.15) is 0 Å². The van der Waals surface area contributed by atoms with E-state index in [4.69, 9.17) is 9.47 Å². The molecule has 2 heterocycles. The monoisotopic (exact) mass is 403 g/mol. The lowest BCUT2D eigenvalue weighted by Gasteiger charge is -2.32. The summed E-state index contributed by atoms with van der Waals surface area (Å²) < 4.78 is 10.5. The van der Waals surface area contributed by atoms with Gasteiger partial charge in [0.15, 0.2) is 0 Å². The fraction of sp³-hybridized carbons (Fsp3) is 0.571. The summed E-state index contributed by atoms with van der Waals surface area (Å²) >= 11 is 0. The molecule has 1 aromatic rings. The summed E-state index contributed by atoms with van der Waals surface area (Å²) in [6.45, 7) is 6.00. The van der Waals surface area contributed by atoms with Gasteiger partial charge in [0.25, 0.3) is 0 Å². The molecule has 0 radical (unpaired) electrons. The van der Waals surface area contributed by atoms with E-state index in [-0.39, 0.29) is 36.3 Å². The molecule has 0 unspecified atom stereocenters. The molecule has 29 heavy (non-hydrogen) atoms. The summed E-state index contributed by atoms with van der Waals surface area (Å²) in [7, 11) is 0. The van der Waals surface area contributed by atoms with Crippen LogP contribution in [0.1, 0.15) is 33.1 Å². The van der Waals surface area contributed by atoms with Crippen molar-refractivity contribution in [3.05, 3.63) is 24.3 Å². The number of nitrogens with zero attached hydrogens (tertiary/aromatic N) is 2. The second-order valence-electron chi connectivity index (χ2n) is 7.32. The molecule has 1 aromatic carbocycles. The van der Waals surface area contributed by atoms with Crippen molar-refractivity contribution < 1.29 is 23.9 Å². The van der Waals surface area contributed by atoms with E-state index < -0.39 is 0 Å². The topological polar surface area (TPSA) is 88.2 Å². The number of carbonyl (C=O) groups is 3. The maximum absolute atomic E-state index is 12.7. The Kier molecular flexibility index (Phi) is 6.95. The Balaban J connectivity index is 1.55. The van der Waals surface area contributed by atoms with Gasteiger partial charge in [0, 0.05) is 31.7 Å². The first-order chi connectivity index (χ1) is 14.0. The highest BCUT2D eigenvalue weighted by atomic mass is 16.5. The van der Waals surface area contributed by atoms with Gasteiger partial charge in [-0.05, 0) is 51.0 Å². The minimum absolute atomic E-state index is 0.0255. The van der Waals surface area contributed by atoms with Crippen LogP contribution in [0, 0.1) is 5.92 Å². The molecule has 0 spiro atoms. The third-order valence-corrected chi connectivity index (χ3v) is 5.24. The molecule has 2 aliphatic rings. The van der Waals surface area contributed by atoms with Crippen molar-refractivity contribution in [2.75, 3.05) is 37.7 Å². The molecule has 2 fully saturated rings. The molecule has 3 amide bonds. The standard InChI is InChI=1S/C21H29N3O5/c1-3-28-18-9-7-17(8-10-18)24-14-16(12-19(24)25)22-21(27)23-11-5-6-15(13-23)20(26)29-4-2/h7-10,15-16H,3-6,11-14H2,1-2H3,(H,22,27)/t15-,16+/m0/s1. The van der Waals surface area contributed by atoms with Crippen molar-refractivity contribution >= 4 is 23.6 Å². The Morgan fingerprint density at radius 1 is 1.14 bits per heavy atom. The summed E-state index contributed by atoms with van der Waals surface area (Å²) in [5.41, 5.74) is 0.788. The predicted octanol–water partition coefficient (Wildman–Crippen LogP) is 2.18. The van der Waals surface area contributed by atoms with E-state index in [1.165, 1.54) is 0 Å². The average molecular weight is 403 g/mol. The van der Waals surface area contributed by atoms with Crippen molar-refractivity contribution in [2.24, 2.45) is 5.92 Å². The Bertz CT molecular complexity index is 736. The number of hydrogen-bond donors (Lipinski definition) is 1. The molecule has 3 rings (SSSR count). The zero-order chi connectivity index (χ0) is 20.8. The van der Waals surface area contributed by atoms with Crippen LogP contribution in [0.25, 0.3) is 0 Å². The zero-order valence-corrected chi connectivity index (χ0v) is 17.1. The first-order valence-electron chi connectivity index (χ1n) is 10.3. The number of carbonyl (C=O) groups excluding carboxylic acids is 3. The Morgan fingerprint density at radius 2 is 1.90 bits per heavy atom. The third-order valence-electron chi connectivity index (χ3n) is 5.24. The van der Waals surface area contributed by atoms with E-state index in [0.29, 0.717) is 32.8 Å². The first-order valence-corrected chi connectivity index (χ1v) is 10.3. The van der Waals surface area contributed by atoms with Crippen LogP contribution in [0.5, 0.6) is 5.75 Å². The van der Waals surface area contributed by atoms with Crippen LogP contribution >= 0.6 is 0 Å². The zero-order valence-electron chi connectivity index (χ0n) is 17.1. The van der Waals surface area contributed by atoms with Crippen LogP contribution < -0.4 is 15.0 Å². The number of anilines is 1. The van der Waals surface area contributed by atoms with Crippen LogP contribution in [0.15, 0.2) is 24.3 Å². The molecule has 2 saturated heterocycles. The van der Waals surface area contributed by atoms with Gasteiger partial charge in [0.2, 0.25) is 5.91 Å². The van der Waals surface area contributed by atoms with E-state index in [1.807, 2.05) is 31.2 Å². The smallest absolute Gasteiger partial charge is 0.317 e. The predicted molar refractivity (Wildman–Crippen MR) is 108 cm³/mol. The minimum Gasteiger partial charge on any atom is -0.494 e. The molecule has 2 atom stereocenters. The van der Waals surface area contributed by atoms with E-state index in [0.717, 1.165) is 24.3 Å². The maximum atomic E-state index is 12.7. The second-order valence-corrected chi connectivity index (χ2v) is 7.32. The highest BCUT2D eigenvalue weighted by molar-refractivity contribution is 5.96. The van der Waals surface area contributed by atoms with Gasteiger partial charge in [0.05, 0.1) is 25.2 Å². The van der Waals surface area contributed by atoms with Gasteiger partial charge in [-0.15, -0.1) is 0 Å². The molecule has 0 bridgehead atoms. The molecule has 8 heteroatoms. The van der Waals surface area contributed by atoms with Crippen LogP contribution in [0.2, 0.25) is 0 Å². The molecular formula is C21H29N3O5. The fourth-order valence-electron chi connectivity index (χ4n) is 3.82. The SMILES string of the molecule is CCOC(=O)[C@H]1CCCN(C(=O)N[C@@H]2CC(=O)N(c3ccc(OCC)cc3)C2)C1. The van der Waals surface area contributed by atoms with E-state index >= 15 is 0 Å². The number of nitrogens with one attached hydrogen (secondary N) is 1. The number of rotatable bonds is 6. The number of esters is 1. The number of ether oxygens (including phenoxy) is 2. The molecule has 1 N–H and O–H groups in total. The Morgan fingerprint density at radius 3 is 2.59 bits per heavy atom. The number of piperidine rings is 1. The van der Waals surface area contributed by atoms with Crippen LogP contribution in [0.4, 0.5) is 10.5 Å². The van der Waals surface area contributed by atoms with Crippen molar-refractivity contribution in [3.8, 4) is 5.75 Å². The number of hydrogen-bond acceptors (Lipinski definition) is 5. The van der Waals surface area contributed by atoms with Gasteiger partial charge in [0.1, 0.15) is 5.75 Å². The molecule has 158 valence electrons. The van der Waals surface area contributed by atoms with Gasteiger partial charge >= 0.3 is 12.0 Å². The average Bonchev–Trinajstić information content (AvgIpc) is 3.09. The van der Waals surface area contributed by atoms with Crippen molar-refractivity contribution in [3.63, 3.8) is 0 Å². The van der Waals surface area contributed by atoms with Crippen molar-refractivity contribution in [1.82, 2.24) is 10.2 Å². The molecule has 8 nitrogen and oxygen atoms in total. The minimum atomic E-state index is -0.278. The lowest BCUT2D eigenvalue weighted by Crippen LogP contribution is -2.50. The van der Waals surface area contributed by atoms with Crippen LogP contribution in [0.3, 0.4) is 0 Å². The Labute approximate surface area is 171 Å². The lowest BCUT2D eigenvalue weighted by molar-refractivity contribution is -0.149. The summed E-state index contributed by atoms with van der Waals surface area (Å²) in [4.78, 5) is 40.4. The van der Waals surface area contributed by atoms with Gasteiger partial charge in [-0.25, -0.2) is 4.79 Å². The summed E-state index contributed by atoms with van der Waals surface area (Å²) in [6.07, 6.45) is 1.75. The van der Waals surface area contributed by atoms with Crippen molar-refractivity contribution in [1.29, 1.82) is 0 Å². The number of likely N-dealkylation sites (tertiary alicyclic amines) is 1. The normalized spacial score (nSPS) is 21.8. The highest BCUT2D eigenvalue weighted by Crippen LogP contribution is 2.25. The maximum Gasteiger partial charge on any atom is 0.317 e. The molecule has 0 aliphatic carbocycles. The van der Waals surface area contributed by atoms with Crippen LogP contribution in [-0.2, 0) is 14.3 Å². The molecule has 0 aromatic heterocycles. The fourth-order valence-corrected chi connectivity index (χ4v) is 3.82. The summed E-state index contributed by atoms with van der Waals surface area (Å²) in [5.74, 6) is 0.208. The molecular weight excluding hydrogens is 374 g/mol. The second kappa shape index (κ2) is 9.62. The van der Waals surface area contributed by atoms with Gasteiger partial charge < -0.3 is 24.6 Å². The Hall–Kier alpha value is -2.77. The number of urea groups is 1. The summed E-state index contributed by atoms with van der Waals surface area (Å²) in [6, 6.07) is 6.88. The summed E-state index contributed by atoms with van der Waals surface area (Å²) in [5, 5.41) is 2.95. The third kappa shape index (κ3) is 5.19. The van der Waals surface area contributed by atoms with Gasteiger partial charge in [-0.1, -0.05) is 0 Å². The lowest BCUT2D eigenvalue weighted by atomic mass is 9.98. The quantitative estimate of drug-likeness (QED) is 0.736. The largest absolute Gasteiger partial charge is 0.494 e. The van der Waals surface area contributed by atoms with Gasteiger partial charge in [-0.3, -0.25) is 9.59 Å². The van der Waals surface area contributed by atoms with E-state index in [9.17, 15) is 14.4 Å². The highest BCUT2D eigenvalue weighted by Gasteiger charge is 2.34. The van der Waals surface area contributed by atoms with E-state index in [1.54, 1.807) is 16.7 Å². The molecule has 0 saturated carbocycles. The van der Waals surface area contributed by atoms with Crippen LogP contribution in [-0.4, -0.2) is 61.7 Å². The number of benzene rings is 1. The first kappa shape index (κ1) is 21.0. The molecule has 2 aliphatic heterocycles.